The van der Waals surface area contributed by atoms with Crippen LogP contribution in [0.3, 0.4) is 0 Å². The van der Waals surface area contributed by atoms with Gasteiger partial charge in [0.15, 0.2) is 15.7 Å². The van der Waals surface area contributed by atoms with Crippen molar-refractivity contribution in [1.29, 1.82) is 0 Å². The van der Waals surface area contributed by atoms with E-state index in [0.717, 1.165) is 17.9 Å². The second-order valence-electron chi connectivity index (χ2n) is 7.31. The Kier molecular flexibility index (Phi) is 6.63. The standard InChI is InChI=1S/C22H23N5O3S2/c1-30-21-8-4-3-6-17(21)14-26(15-19-7-5-13-31-19)16-22-23-24-25-27(22)18-9-11-20(12-10-18)32(2,28)29/h3-13H,14-16H2,1-2H3. The maximum Gasteiger partial charge on any atom is 0.175 e. The van der Waals surface area contributed by atoms with Gasteiger partial charge in [0.2, 0.25) is 0 Å². The molecule has 4 aromatic rings. The highest BCUT2D eigenvalue weighted by atomic mass is 32.2. The summed E-state index contributed by atoms with van der Waals surface area (Å²) in [6.45, 7) is 1.88. The van der Waals surface area contributed by atoms with E-state index in [9.17, 15) is 8.42 Å². The Balaban J connectivity index is 1.61. The highest BCUT2D eigenvalue weighted by Crippen LogP contribution is 2.23. The van der Waals surface area contributed by atoms with E-state index in [-0.39, 0.29) is 4.90 Å². The van der Waals surface area contributed by atoms with Crippen molar-refractivity contribution in [3.63, 3.8) is 0 Å². The van der Waals surface area contributed by atoms with Crippen molar-refractivity contribution in [1.82, 2.24) is 25.1 Å². The number of rotatable bonds is 9. The molecule has 0 saturated carbocycles. The number of aromatic nitrogens is 4. The minimum atomic E-state index is -3.27. The molecule has 0 aliphatic heterocycles. The van der Waals surface area contributed by atoms with Gasteiger partial charge in [0.1, 0.15) is 5.75 Å². The van der Waals surface area contributed by atoms with Crippen LogP contribution in [0.4, 0.5) is 0 Å². The normalized spacial score (nSPS) is 11.7. The lowest BCUT2D eigenvalue weighted by Crippen LogP contribution is -2.24. The van der Waals surface area contributed by atoms with Gasteiger partial charge in [-0.2, -0.15) is 4.68 Å². The van der Waals surface area contributed by atoms with E-state index in [2.05, 4.69) is 31.9 Å². The van der Waals surface area contributed by atoms with Crippen molar-refractivity contribution >= 4 is 21.2 Å². The molecular formula is C22H23N5O3S2. The quantitative estimate of drug-likeness (QED) is 0.371. The first-order chi connectivity index (χ1) is 15.4. The molecular weight excluding hydrogens is 446 g/mol. The van der Waals surface area contributed by atoms with Gasteiger partial charge in [0.05, 0.1) is 24.2 Å². The predicted octanol–water partition coefficient (Wildman–Crippen LogP) is 3.34. The Morgan fingerprint density at radius 1 is 1.00 bits per heavy atom. The van der Waals surface area contributed by atoms with Gasteiger partial charge in [-0.15, -0.1) is 16.4 Å². The van der Waals surface area contributed by atoms with E-state index < -0.39 is 9.84 Å². The number of methoxy groups -OCH3 is 1. The molecule has 2 heterocycles. The average Bonchev–Trinajstić information content (AvgIpc) is 3.46. The third kappa shape index (κ3) is 5.21. The molecule has 0 spiro atoms. The number of tetrazole rings is 1. The molecule has 0 radical (unpaired) electrons. The lowest BCUT2D eigenvalue weighted by molar-refractivity contribution is 0.237. The van der Waals surface area contributed by atoms with E-state index in [1.165, 1.54) is 11.1 Å². The Bertz CT molecular complexity index is 1270. The number of nitrogens with zero attached hydrogens (tertiary/aromatic N) is 5. The molecule has 0 aliphatic rings. The monoisotopic (exact) mass is 469 g/mol. The van der Waals surface area contributed by atoms with Crippen molar-refractivity contribution in [2.24, 2.45) is 0 Å². The van der Waals surface area contributed by atoms with Crippen LogP contribution in [-0.4, -0.2) is 46.9 Å². The van der Waals surface area contributed by atoms with Crippen LogP contribution in [0, 0.1) is 0 Å². The largest absolute Gasteiger partial charge is 0.496 e. The summed E-state index contributed by atoms with van der Waals surface area (Å²) in [5.41, 5.74) is 1.77. The predicted molar refractivity (Wildman–Crippen MR) is 123 cm³/mol. The summed E-state index contributed by atoms with van der Waals surface area (Å²) in [5, 5.41) is 14.3. The minimum absolute atomic E-state index is 0.256. The van der Waals surface area contributed by atoms with Crippen molar-refractivity contribution in [3.8, 4) is 11.4 Å². The average molecular weight is 470 g/mol. The molecule has 10 heteroatoms. The Labute approximate surface area is 191 Å². The summed E-state index contributed by atoms with van der Waals surface area (Å²) in [5.74, 6) is 1.49. The second kappa shape index (κ2) is 9.60. The van der Waals surface area contributed by atoms with Gasteiger partial charge < -0.3 is 4.74 Å². The first-order valence-corrected chi connectivity index (χ1v) is 12.7. The number of para-hydroxylation sites is 1. The summed E-state index contributed by atoms with van der Waals surface area (Å²) in [6.07, 6.45) is 1.19. The number of hydrogen-bond acceptors (Lipinski definition) is 8. The van der Waals surface area contributed by atoms with Crippen LogP contribution in [-0.2, 0) is 29.5 Å². The lowest BCUT2D eigenvalue weighted by atomic mass is 10.2. The fourth-order valence-corrected chi connectivity index (χ4v) is 4.78. The smallest absolute Gasteiger partial charge is 0.175 e. The topological polar surface area (TPSA) is 90.2 Å². The zero-order valence-electron chi connectivity index (χ0n) is 17.7. The van der Waals surface area contributed by atoms with Crippen LogP contribution >= 0.6 is 11.3 Å². The first-order valence-electron chi connectivity index (χ1n) is 9.88. The number of thiophene rings is 1. The van der Waals surface area contributed by atoms with Gasteiger partial charge in [-0.1, -0.05) is 24.3 Å². The molecule has 0 amide bonds. The molecule has 4 rings (SSSR count). The maximum absolute atomic E-state index is 11.8. The molecule has 0 saturated heterocycles. The van der Waals surface area contributed by atoms with E-state index in [0.29, 0.717) is 24.6 Å². The van der Waals surface area contributed by atoms with Gasteiger partial charge in [-0.05, 0) is 52.2 Å². The van der Waals surface area contributed by atoms with Crippen LogP contribution in [0.15, 0.2) is 70.9 Å². The highest BCUT2D eigenvalue weighted by Gasteiger charge is 2.17. The number of ether oxygens (including phenoxy) is 1. The molecule has 0 fully saturated rings. The molecule has 0 aliphatic carbocycles. The summed E-state index contributed by atoms with van der Waals surface area (Å²) in [4.78, 5) is 3.74. The molecule has 0 N–H and O–H groups in total. The van der Waals surface area contributed by atoms with Gasteiger partial charge in [0.25, 0.3) is 0 Å². The molecule has 166 valence electrons. The van der Waals surface area contributed by atoms with Gasteiger partial charge >= 0.3 is 0 Å². The SMILES string of the molecule is COc1ccccc1CN(Cc1cccs1)Cc1nnnn1-c1ccc(S(C)(=O)=O)cc1. The second-order valence-corrected chi connectivity index (χ2v) is 10.4. The number of sulfone groups is 1. The van der Waals surface area contributed by atoms with Crippen molar-refractivity contribution in [2.45, 2.75) is 24.5 Å². The molecule has 2 aromatic carbocycles. The third-order valence-corrected chi connectivity index (χ3v) is 6.94. The summed E-state index contributed by atoms with van der Waals surface area (Å²) in [6, 6.07) is 18.6. The van der Waals surface area contributed by atoms with Crippen molar-refractivity contribution in [3.05, 3.63) is 82.3 Å². The highest BCUT2D eigenvalue weighted by molar-refractivity contribution is 7.90. The summed E-state index contributed by atoms with van der Waals surface area (Å²) < 4.78 is 30.7. The maximum atomic E-state index is 11.8. The summed E-state index contributed by atoms with van der Waals surface area (Å²) >= 11 is 1.70. The minimum Gasteiger partial charge on any atom is -0.496 e. The Morgan fingerprint density at radius 2 is 1.78 bits per heavy atom. The number of benzene rings is 2. The molecule has 0 atom stereocenters. The van der Waals surface area contributed by atoms with Crippen LogP contribution in [0.5, 0.6) is 5.75 Å². The van der Waals surface area contributed by atoms with Crippen LogP contribution in [0.2, 0.25) is 0 Å². The van der Waals surface area contributed by atoms with Gasteiger partial charge in [0, 0.05) is 29.8 Å². The van der Waals surface area contributed by atoms with E-state index in [1.807, 2.05) is 30.3 Å². The van der Waals surface area contributed by atoms with Crippen molar-refractivity contribution < 1.29 is 13.2 Å². The van der Waals surface area contributed by atoms with E-state index in [1.54, 1.807) is 47.4 Å². The van der Waals surface area contributed by atoms with E-state index >= 15 is 0 Å². The Morgan fingerprint density at radius 3 is 2.47 bits per heavy atom. The van der Waals surface area contributed by atoms with Crippen LogP contribution in [0.25, 0.3) is 5.69 Å². The molecule has 32 heavy (non-hydrogen) atoms. The first kappa shape index (κ1) is 22.1. The van der Waals surface area contributed by atoms with Gasteiger partial charge in [-0.3, -0.25) is 4.90 Å². The molecule has 2 aromatic heterocycles. The molecule has 0 bridgehead atoms. The molecule has 0 unspecified atom stereocenters. The van der Waals surface area contributed by atoms with Crippen LogP contribution in [0.1, 0.15) is 16.3 Å². The van der Waals surface area contributed by atoms with Crippen molar-refractivity contribution in [2.75, 3.05) is 13.4 Å². The van der Waals surface area contributed by atoms with Crippen LogP contribution < -0.4 is 4.74 Å². The fourth-order valence-electron chi connectivity index (χ4n) is 3.40. The third-order valence-electron chi connectivity index (χ3n) is 4.95. The van der Waals surface area contributed by atoms with Gasteiger partial charge in [-0.25, -0.2) is 8.42 Å². The van der Waals surface area contributed by atoms with E-state index in [4.69, 9.17) is 4.74 Å². The molecule has 8 nitrogen and oxygen atoms in total. The zero-order valence-corrected chi connectivity index (χ0v) is 19.4. The lowest BCUT2D eigenvalue weighted by Gasteiger charge is -2.22. The Hall–Kier alpha value is -3.08. The fraction of sp³-hybridized carbons (Fsp3) is 0.227. The number of hydrogen-bond donors (Lipinski definition) is 0. The zero-order chi connectivity index (χ0) is 22.6. The summed E-state index contributed by atoms with van der Waals surface area (Å²) in [7, 11) is -1.60.